The second kappa shape index (κ2) is 6.44. The summed E-state index contributed by atoms with van der Waals surface area (Å²) < 4.78 is 10.6. The largest absolute Gasteiger partial charge is 0.454 e. The maximum atomic E-state index is 11.8. The van der Waals surface area contributed by atoms with Crippen LogP contribution < -0.4 is 14.9 Å². The molecule has 0 fully saturated rings. The summed E-state index contributed by atoms with van der Waals surface area (Å²) in [5.74, 6) is 1.29. The predicted molar refractivity (Wildman–Crippen MR) is 86.5 cm³/mol. The second-order valence-electron chi connectivity index (χ2n) is 4.62. The number of thiophene rings is 1. The Morgan fingerprint density at radius 3 is 3.00 bits per heavy atom. The number of allylic oxidation sites excluding steroid dienone is 1. The minimum Gasteiger partial charge on any atom is -0.454 e. The fourth-order valence-electron chi connectivity index (χ4n) is 1.87. The van der Waals surface area contributed by atoms with Gasteiger partial charge in [-0.25, -0.2) is 5.43 Å². The third-order valence-corrected chi connectivity index (χ3v) is 3.86. The maximum absolute atomic E-state index is 11.8. The van der Waals surface area contributed by atoms with Gasteiger partial charge >= 0.3 is 0 Å². The van der Waals surface area contributed by atoms with Gasteiger partial charge in [0, 0.05) is 0 Å². The molecule has 1 N–H and O–H groups in total. The lowest BCUT2D eigenvalue weighted by molar-refractivity contribution is 0.0959. The highest BCUT2D eigenvalue weighted by Gasteiger charge is 2.12. The van der Waals surface area contributed by atoms with Crippen molar-refractivity contribution in [2.75, 3.05) is 6.79 Å². The van der Waals surface area contributed by atoms with Gasteiger partial charge in [0.2, 0.25) is 6.79 Å². The van der Waals surface area contributed by atoms with Crippen LogP contribution in [0.25, 0.3) is 6.08 Å². The van der Waals surface area contributed by atoms with Gasteiger partial charge in [-0.15, -0.1) is 11.3 Å². The summed E-state index contributed by atoms with van der Waals surface area (Å²) in [7, 11) is 0. The monoisotopic (exact) mass is 314 g/mol. The average Bonchev–Trinajstić information content (AvgIpc) is 3.20. The Hall–Kier alpha value is -2.60. The number of hydrogen-bond acceptors (Lipinski definition) is 5. The summed E-state index contributed by atoms with van der Waals surface area (Å²) in [4.78, 5) is 12.4. The zero-order valence-corrected chi connectivity index (χ0v) is 12.7. The molecule has 0 bridgehead atoms. The Kier molecular flexibility index (Phi) is 4.20. The van der Waals surface area contributed by atoms with E-state index in [1.807, 2.05) is 48.7 Å². The fourth-order valence-corrected chi connectivity index (χ4v) is 2.49. The molecule has 3 rings (SSSR count). The molecule has 1 aliphatic heterocycles. The Balaban J connectivity index is 1.62. The third kappa shape index (κ3) is 3.35. The molecule has 0 radical (unpaired) electrons. The number of benzene rings is 1. The van der Waals surface area contributed by atoms with Crippen LogP contribution in [0.15, 0.2) is 46.9 Å². The molecule has 1 aliphatic rings. The molecule has 22 heavy (non-hydrogen) atoms. The summed E-state index contributed by atoms with van der Waals surface area (Å²) in [5, 5.41) is 5.90. The van der Waals surface area contributed by atoms with Crippen molar-refractivity contribution in [2.45, 2.75) is 6.92 Å². The lowest BCUT2D eigenvalue weighted by Gasteiger charge is -1.99. The van der Waals surface area contributed by atoms with Crippen LogP contribution in [0.2, 0.25) is 0 Å². The molecule has 0 saturated heterocycles. The number of nitrogens with zero attached hydrogens (tertiary/aromatic N) is 1. The van der Waals surface area contributed by atoms with Crippen molar-refractivity contribution in [3.63, 3.8) is 0 Å². The van der Waals surface area contributed by atoms with Crippen molar-refractivity contribution in [3.8, 4) is 11.5 Å². The quantitative estimate of drug-likeness (QED) is 0.696. The first-order chi connectivity index (χ1) is 10.7. The van der Waals surface area contributed by atoms with Crippen LogP contribution in [0.1, 0.15) is 22.2 Å². The van der Waals surface area contributed by atoms with Gasteiger partial charge in [0.1, 0.15) is 0 Å². The first kappa shape index (κ1) is 14.3. The van der Waals surface area contributed by atoms with Crippen molar-refractivity contribution in [2.24, 2.45) is 5.10 Å². The zero-order valence-electron chi connectivity index (χ0n) is 11.9. The number of fused-ring (bicyclic) bond motifs is 1. The minimum atomic E-state index is -0.203. The van der Waals surface area contributed by atoms with Gasteiger partial charge in [-0.1, -0.05) is 18.2 Å². The maximum Gasteiger partial charge on any atom is 0.281 e. The molecule has 112 valence electrons. The molecule has 1 aromatic carbocycles. The van der Waals surface area contributed by atoms with E-state index in [9.17, 15) is 4.79 Å². The minimum absolute atomic E-state index is 0.203. The van der Waals surface area contributed by atoms with Gasteiger partial charge < -0.3 is 9.47 Å². The number of hydrogen-bond donors (Lipinski definition) is 1. The van der Waals surface area contributed by atoms with E-state index >= 15 is 0 Å². The zero-order chi connectivity index (χ0) is 15.4. The smallest absolute Gasteiger partial charge is 0.281 e. The van der Waals surface area contributed by atoms with Gasteiger partial charge in [0.05, 0.1) is 10.6 Å². The van der Waals surface area contributed by atoms with Crippen LogP contribution in [0.4, 0.5) is 0 Å². The van der Waals surface area contributed by atoms with Gasteiger partial charge in [0.25, 0.3) is 5.91 Å². The molecular weight excluding hydrogens is 300 g/mol. The number of amides is 1. The molecule has 0 saturated carbocycles. The molecule has 5 nitrogen and oxygen atoms in total. The van der Waals surface area contributed by atoms with E-state index in [0.29, 0.717) is 10.6 Å². The average molecular weight is 314 g/mol. The highest BCUT2D eigenvalue weighted by molar-refractivity contribution is 7.12. The molecule has 0 spiro atoms. The number of carbonyl (C=O) groups excluding carboxylic acids is 1. The van der Waals surface area contributed by atoms with Crippen LogP contribution in [-0.4, -0.2) is 18.4 Å². The van der Waals surface area contributed by atoms with Crippen molar-refractivity contribution in [3.05, 3.63) is 52.2 Å². The van der Waals surface area contributed by atoms with Crippen LogP contribution >= 0.6 is 11.3 Å². The lowest BCUT2D eigenvalue weighted by atomic mass is 10.2. The molecule has 6 heteroatoms. The molecular formula is C16H14N2O3S. The molecule has 0 unspecified atom stereocenters. The summed E-state index contributed by atoms with van der Waals surface area (Å²) in [6.07, 6.45) is 3.73. The lowest BCUT2D eigenvalue weighted by Crippen LogP contribution is -2.17. The van der Waals surface area contributed by atoms with E-state index in [1.165, 1.54) is 11.3 Å². The van der Waals surface area contributed by atoms with Crippen LogP contribution in [0.5, 0.6) is 11.5 Å². The Morgan fingerprint density at radius 1 is 1.32 bits per heavy atom. The molecule has 2 aromatic rings. The van der Waals surface area contributed by atoms with E-state index in [2.05, 4.69) is 10.5 Å². The fraction of sp³-hybridized carbons (Fsp3) is 0.125. The van der Waals surface area contributed by atoms with Crippen LogP contribution in [-0.2, 0) is 0 Å². The second-order valence-corrected chi connectivity index (χ2v) is 5.57. The molecule has 1 aromatic heterocycles. The summed E-state index contributed by atoms with van der Waals surface area (Å²) >= 11 is 1.38. The Morgan fingerprint density at radius 2 is 2.18 bits per heavy atom. The SMILES string of the molecule is CC(C=Cc1ccc2c(c1)OCO2)=NNC(=O)c1cccs1. The van der Waals surface area contributed by atoms with E-state index in [-0.39, 0.29) is 12.7 Å². The molecule has 1 amide bonds. The van der Waals surface area contributed by atoms with Crippen LogP contribution in [0.3, 0.4) is 0 Å². The summed E-state index contributed by atoms with van der Waals surface area (Å²) in [5.41, 5.74) is 4.20. The van der Waals surface area contributed by atoms with Crippen molar-refractivity contribution >= 4 is 29.0 Å². The molecule has 2 heterocycles. The van der Waals surface area contributed by atoms with E-state index < -0.39 is 0 Å². The topological polar surface area (TPSA) is 59.9 Å². The van der Waals surface area contributed by atoms with E-state index in [0.717, 1.165) is 17.1 Å². The molecule has 0 aliphatic carbocycles. The van der Waals surface area contributed by atoms with Gasteiger partial charge in [0.15, 0.2) is 11.5 Å². The van der Waals surface area contributed by atoms with Crippen LogP contribution in [0, 0.1) is 0 Å². The first-order valence-corrected chi connectivity index (χ1v) is 7.56. The Bertz CT molecular complexity index is 736. The van der Waals surface area contributed by atoms with Gasteiger partial charge in [-0.2, -0.15) is 5.10 Å². The first-order valence-electron chi connectivity index (χ1n) is 6.68. The van der Waals surface area contributed by atoms with Crippen molar-refractivity contribution in [1.29, 1.82) is 0 Å². The normalized spacial score (nSPS) is 13.6. The standard InChI is InChI=1S/C16H14N2O3S/c1-11(17-18-16(19)15-3-2-8-22-15)4-5-12-6-7-13-14(9-12)21-10-20-13/h2-9H,10H2,1H3,(H,18,19). The highest BCUT2D eigenvalue weighted by Crippen LogP contribution is 2.32. The number of rotatable bonds is 4. The Labute approximate surface area is 131 Å². The van der Waals surface area contributed by atoms with E-state index in [1.54, 1.807) is 6.07 Å². The third-order valence-electron chi connectivity index (χ3n) is 2.99. The number of nitrogens with one attached hydrogen (secondary N) is 1. The highest BCUT2D eigenvalue weighted by atomic mass is 32.1. The van der Waals surface area contributed by atoms with Crippen molar-refractivity contribution < 1.29 is 14.3 Å². The van der Waals surface area contributed by atoms with E-state index in [4.69, 9.17) is 9.47 Å². The summed E-state index contributed by atoms with van der Waals surface area (Å²) in [6, 6.07) is 9.29. The van der Waals surface area contributed by atoms with Gasteiger partial charge in [-0.05, 0) is 42.1 Å². The molecule has 0 atom stereocenters. The van der Waals surface area contributed by atoms with Gasteiger partial charge in [-0.3, -0.25) is 4.79 Å². The number of hydrazone groups is 1. The number of carbonyl (C=O) groups is 1. The number of ether oxygens (including phenoxy) is 2. The predicted octanol–water partition coefficient (Wildman–Crippen LogP) is 3.30. The summed E-state index contributed by atoms with van der Waals surface area (Å²) in [6.45, 7) is 2.08. The van der Waals surface area contributed by atoms with Crippen molar-refractivity contribution in [1.82, 2.24) is 5.43 Å².